The van der Waals surface area contributed by atoms with Gasteiger partial charge in [-0.25, -0.2) is 0 Å². The van der Waals surface area contributed by atoms with E-state index in [4.69, 9.17) is 4.74 Å². The fourth-order valence-electron chi connectivity index (χ4n) is 2.03. The van der Waals surface area contributed by atoms with Crippen LogP contribution in [-0.4, -0.2) is 17.8 Å². The Morgan fingerprint density at radius 3 is 2.64 bits per heavy atom. The Hall–Kier alpha value is -0.380. The van der Waals surface area contributed by atoms with Crippen molar-refractivity contribution in [1.82, 2.24) is 0 Å². The lowest BCUT2D eigenvalue weighted by atomic mass is 9.74. The van der Waals surface area contributed by atoms with Crippen molar-refractivity contribution in [3.8, 4) is 0 Å². The predicted octanol–water partition coefficient (Wildman–Crippen LogP) is 2.66. The zero-order valence-corrected chi connectivity index (χ0v) is 9.43. The van der Waals surface area contributed by atoms with Crippen LogP contribution >= 0.6 is 11.3 Å². The van der Waals surface area contributed by atoms with Gasteiger partial charge in [0.1, 0.15) is 6.10 Å². The maximum atomic E-state index is 10.2. The van der Waals surface area contributed by atoms with E-state index in [1.807, 2.05) is 5.38 Å². The third-order valence-corrected chi connectivity index (χ3v) is 4.05. The van der Waals surface area contributed by atoms with Crippen molar-refractivity contribution < 1.29 is 9.84 Å². The monoisotopic (exact) mass is 212 g/mol. The van der Waals surface area contributed by atoms with E-state index in [9.17, 15) is 5.11 Å². The fraction of sp³-hybridized carbons (Fsp3) is 0.636. The standard InChI is InChI=1S/C11H16O2S/c1-8-6-9(7-14-8)10(12)11(13-2)4-3-5-11/h6-7,10,12H,3-5H2,1-2H3. The molecule has 2 nitrogen and oxygen atoms in total. The summed E-state index contributed by atoms with van der Waals surface area (Å²) in [6.07, 6.45) is 2.65. The number of ether oxygens (including phenoxy) is 1. The first-order valence-electron chi connectivity index (χ1n) is 4.96. The first-order valence-corrected chi connectivity index (χ1v) is 5.84. The number of rotatable bonds is 3. The molecular weight excluding hydrogens is 196 g/mol. The topological polar surface area (TPSA) is 29.5 Å². The highest BCUT2D eigenvalue weighted by molar-refractivity contribution is 7.10. The van der Waals surface area contributed by atoms with Crippen LogP contribution in [0.2, 0.25) is 0 Å². The molecule has 78 valence electrons. The van der Waals surface area contributed by atoms with Crippen molar-refractivity contribution in [2.24, 2.45) is 0 Å². The normalized spacial score (nSPS) is 21.6. The zero-order valence-electron chi connectivity index (χ0n) is 8.62. The van der Waals surface area contributed by atoms with Crippen LogP contribution in [0.4, 0.5) is 0 Å². The lowest BCUT2D eigenvalue weighted by Gasteiger charge is -2.43. The number of aryl methyl sites for hydroxylation is 1. The molecule has 1 N–H and O–H groups in total. The van der Waals surface area contributed by atoms with Gasteiger partial charge in [0.05, 0.1) is 5.60 Å². The van der Waals surface area contributed by atoms with Gasteiger partial charge in [-0.3, -0.25) is 0 Å². The lowest BCUT2D eigenvalue weighted by molar-refractivity contribution is -0.151. The van der Waals surface area contributed by atoms with Gasteiger partial charge < -0.3 is 9.84 Å². The van der Waals surface area contributed by atoms with E-state index >= 15 is 0 Å². The average molecular weight is 212 g/mol. The summed E-state index contributed by atoms with van der Waals surface area (Å²) in [4.78, 5) is 1.24. The molecule has 1 fully saturated rings. The van der Waals surface area contributed by atoms with Gasteiger partial charge in [0.2, 0.25) is 0 Å². The van der Waals surface area contributed by atoms with E-state index < -0.39 is 6.10 Å². The Morgan fingerprint density at radius 2 is 2.29 bits per heavy atom. The minimum absolute atomic E-state index is 0.298. The lowest BCUT2D eigenvalue weighted by Crippen LogP contribution is -2.44. The van der Waals surface area contributed by atoms with E-state index in [0.29, 0.717) is 0 Å². The number of aliphatic hydroxyl groups is 1. The number of hydrogen-bond acceptors (Lipinski definition) is 3. The molecular formula is C11H16O2S. The Labute approximate surface area is 88.5 Å². The van der Waals surface area contributed by atoms with E-state index in [1.165, 1.54) is 4.88 Å². The van der Waals surface area contributed by atoms with Gasteiger partial charge >= 0.3 is 0 Å². The average Bonchev–Trinajstić information content (AvgIpc) is 2.50. The second-order valence-corrected chi connectivity index (χ2v) is 5.13. The number of thiophene rings is 1. The summed E-state index contributed by atoms with van der Waals surface area (Å²) in [7, 11) is 1.70. The molecule has 2 rings (SSSR count). The van der Waals surface area contributed by atoms with Crippen molar-refractivity contribution in [3.05, 3.63) is 21.9 Å². The van der Waals surface area contributed by atoms with Gasteiger partial charge in [-0.15, -0.1) is 11.3 Å². The highest BCUT2D eigenvalue weighted by atomic mass is 32.1. The minimum atomic E-state index is -0.453. The summed E-state index contributed by atoms with van der Waals surface area (Å²) in [5.41, 5.74) is 0.710. The molecule has 1 aromatic rings. The van der Waals surface area contributed by atoms with Gasteiger partial charge in [0.15, 0.2) is 0 Å². The molecule has 3 heteroatoms. The maximum absolute atomic E-state index is 10.2. The summed E-state index contributed by atoms with van der Waals surface area (Å²) in [5, 5.41) is 12.2. The molecule has 0 aliphatic heterocycles. The number of hydrogen-bond donors (Lipinski definition) is 1. The Morgan fingerprint density at radius 1 is 1.57 bits per heavy atom. The van der Waals surface area contributed by atoms with Gasteiger partial charge in [0.25, 0.3) is 0 Å². The van der Waals surface area contributed by atoms with Crippen molar-refractivity contribution in [3.63, 3.8) is 0 Å². The van der Waals surface area contributed by atoms with Gasteiger partial charge in [0, 0.05) is 12.0 Å². The zero-order chi connectivity index (χ0) is 10.2. The SMILES string of the molecule is COC1(C(O)c2csc(C)c2)CCC1. The van der Waals surface area contributed by atoms with Crippen LogP contribution in [-0.2, 0) is 4.74 Å². The molecule has 0 radical (unpaired) electrons. The van der Waals surface area contributed by atoms with Crippen LogP contribution in [0.1, 0.15) is 35.8 Å². The van der Waals surface area contributed by atoms with Crippen molar-refractivity contribution in [2.45, 2.75) is 37.9 Å². The summed E-state index contributed by atoms with van der Waals surface area (Å²) in [6, 6.07) is 2.05. The van der Waals surface area contributed by atoms with E-state index in [-0.39, 0.29) is 5.60 Å². The van der Waals surface area contributed by atoms with Gasteiger partial charge in [-0.05, 0) is 43.2 Å². The molecule has 1 atom stereocenters. The highest BCUT2D eigenvalue weighted by Gasteiger charge is 2.44. The molecule has 1 heterocycles. The van der Waals surface area contributed by atoms with Crippen LogP contribution < -0.4 is 0 Å². The fourth-order valence-corrected chi connectivity index (χ4v) is 2.75. The minimum Gasteiger partial charge on any atom is -0.385 e. The summed E-state index contributed by atoms with van der Waals surface area (Å²) >= 11 is 1.68. The summed E-state index contributed by atoms with van der Waals surface area (Å²) < 4.78 is 5.45. The molecule has 14 heavy (non-hydrogen) atoms. The molecule has 1 aliphatic rings. The number of aliphatic hydroxyl groups excluding tert-OH is 1. The molecule has 0 spiro atoms. The third-order valence-electron chi connectivity index (χ3n) is 3.17. The van der Waals surface area contributed by atoms with Gasteiger partial charge in [-0.1, -0.05) is 0 Å². The van der Waals surface area contributed by atoms with Gasteiger partial charge in [-0.2, -0.15) is 0 Å². The first-order chi connectivity index (χ1) is 6.68. The first kappa shape index (κ1) is 10.1. The van der Waals surface area contributed by atoms with E-state index in [2.05, 4.69) is 13.0 Å². The van der Waals surface area contributed by atoms with Crippen LogP contribution in [0.15, 0.2) is 11.4 Å². The molecule has 1 saturated carbocycles. The molecule has 0 bridgehead atoms. The quantitative estimate of drug-likeness (QED) is 0.834. The van der Waals surface area contributed by atoms with Crippen LogP contribution in [0.3, 0.4) is 0 Å². The van der Waals surface area contributed by atoms with E-state index in [1.54, 1.807) is 18.4 Å². The molecule has 0 saturated heterocycles. The molecule has 1 aromatic heterocycles. The second-order valence-electron chi connectivity index (χ2n) is 4.02. The smallest absolute Gasteiger partial charge is 0.109 e. The Bertz CT molecular complexity index is 309. The van der Waals surface area contributed by atoms with Crippen molar-refractivity contribution in [2.75, 3.05) is 7.11 Å². The molecule has 0 amide bonds. The molecule has 1 aliphatic carbocycles. The molecule has 0 aromatic carbocycles. The van der Waals surface area contributed by atoms with Crippen LogP contribution in [0.25, 0.3) is 0 Å². The Balaban J connectivity index is 2.18. The van der Waals surface area contributed by atoms with Crippen molar-refractivity contribution in [1.29, 1.82) is 0 Å². The predicted molar refractivity (Wildman–Crippen MR) is 57.6 cm³/mol. The summed E-state index contributed by atoms with van der Waals surface area (Å²) in [5.74, 6) is 0. The Kier molecular flexibility index (Phi) is 2.64. The van der Waals surface area contributed by atoms with E-state index in [0.717, 1.165) is 24.8 Å². The van der Waals surface area contributed by atoms with Crippen LogP contribution in [0.5, 0.6) is 0 Å². The second kappa shape index (κ2) is 3.65. The molecule has 1 unspecified atom stereocenters. The number of methoxy groups -OCH3 is 1. The summed E-state index contributed by atoms with van der Waals surface area (Å²) in [6.45, 7) is 2.06. The largest absolute Gasteiger partial charge is 0.385 e. The van der Waals surface area contributed by atoms with Crippen LogP contribution in [0, 0.1) is 6.92 Å². The van der Waals surface area contributed by atoms with Crippen molar-refractivity contribution >= 4 is 11.3 Å². The highest BCUT2D eigenvalue weighted by Crippen LogP contribution is 2.45. The third kappa shape index (κ3) is 1.49. The maximum Gasteiger partial charge on any atom is 0.109 e.